The van der Waals surface area contributed by atoms with Crippen LogP contribution in [0.1, 0.15) is 58.2 Å². The van der Waals surface area contributed by atoms with Gasteiger partial charge >= 0.3 is 19.2 Å². The first kappa shape index (κ1) is 47.4. The Labute approximate surface area is 360 Å². The van der Waals surface area contributed by atoms with E-state index in [1.54, 1.807) is 55.2 Å². The van der Waals surface area contributed by atoms with Gasteiger partial charge in [0.25, 0.3) is 0 Å². The third-order valence-electron chi connectivity index (χ3n) is 7.59. The van der Waals surface area contributed by atoms with Gasteiger partial charge in [0.15, 0.2) is 0 Å². The number of hydrogen-bond acceptors (Lipinski definition) is 12. The summed E-state index contributed by atoms with van der Waals surface area (Å²) in [4.78, 5) is 33.6. The Morgan fingerprint density at radius 2 is 1.03 bits per heavy atom. The number of carbonyl (C=O) groups excluding carboxylic acids is 2. The third-order valence-corrected chi connectivity index (χ3v) is 8.12. The summed E-state index contributed by atoms with van der Waals surface area (Å²) in [6.45, 7) is 6.81. The molecule has 0 spiro atoms. The third kappa shape index (κ3) is 19.1. The van der Waals surface area contributed by atoms with Crippen LogP contribution in [0, 0.1) is 0 Å². The van der Waals surface area contributed by atoms with Gasteiger partial charge in [-0.2, -0.15) is 9.59 Å². The summed E-state index contributed by atoms with van der Waals surface area (Å²) >= 11 is 3.40. The number of aromatic nitrogens is 10. The smallest absolute Gasteiger partial charge is 0.449 e. The molecule has 0 radical (unpaired) electrons. The van der Waals surface area contributed by atoms with Crippen LogP contribution in [0.4, 0.5) is 22.5 Å². The first-order chi connectivity index (χ1) is 28.8. The number of nitrogens with one attached hydrogen (secondary N) is 2. The zero-order valence-corrected chi connectivity index (χ0v) is 36.3. The largest absolute Gasteiger partial charge is 0.480 e. The molecule has 0 fully saturated rings. The summed E-state index contributed by atoms with van der Waals surface area (Å²) in [7, 11) is 0. The van der Waals surface area contributed by atoms with Crippen molar-refractivity contribution in [2.24, 2.45) is 0 Å². The monoisotopic (exact) mass is 907 g/mol. The van der Waals surface area contributed by atoms with Crippen molar-refractivity contribution < 1.29 is 32.0 Å². The number of pyridine rings is 2. The first-order valence-corrected chi connectivity index (χ1v) is 19.9. The normalized spacial score (nSPS) is 11.3. The quantitative estimate of drug-likeness (QED) is 0.114. The maximum Gasteiger partial charge on any atom is 0.480 e. The SMILES string of the molecule is Brc1ccc(-c2nnn(Cc3ccncc3)n2)cc1.CC(C)(C)OC(=O)NCC[B-](F)(F)F.CC(C)(C)OC(=O)NCCc1ccc(-c2nnn(Cc3ccncc3)n2)cc1. The second-order valence-corrected chi connectivity index (χ2v) is 16.2. The fourth-order valence-corrected chi connectivity index (χ4v) is 5.11. The maximum absolute atomic E-state index is 11.7. The molecule has 0 saturated heterocycles. The second kappa shape index (κ2) is 22.4. The molecule has 0 aliphatic rings. The number of nitrogens with zero attached hydrogens (tertiary/aromatic N) is 10. The van der Waals surface area contributed by atoms with E-state index in [0.717, 1.165) is 32.3 Å². The van der Waals surface area contributed by atoms with Crippen molar-refractivity contribution in [1.29, 1.82) is 0 Å². The molecule has 0 atom stereocenters. The highest BCUT2D eigenvalue weighted by Gasteiger charge is 2.23. The van der Waals surface area contributed by atoms with Crippen molar-refractivity contribution in [2.45, 2.75) is 78.6 Å². The molecule has 0 aliphatic heterocycles. The Hall–Kier alpha value is -6.25. The van der Waals surface area contributed by atoms with Gasteiger partial charge in [-0.25, -0.2) is 9.59 Å². The van der Waals surface area contributed by atoms with E-state index >= 15 is 0 Å². The Kier molecular flexibility index (Phi) is 17.4. The topological polar surface area (TPSA) is 190 Å². The summed E-state index contributed by atoms with van der Waals surface area (Å²) in [5.74, 6) is 1.20. The fourth-order valence-electron chi connectivity index (χ4n) is 4.85. The molecule has 2 N–H and O–H groups in total. The lowest BCUT2D eigenvalue weighted by atomic mass is 9.86. The number of amides is 2. The molecule has 61 heavy (non-hydrogen) atoms. The van der Waals surface area contributed by atoms with E-state index in [-0.39, 0.29) is 0 Å². The molecule has 6 aromatic rings. The van der Waals surface area contributed by atoms with Crippen LogP contribution in [-0.4, -0.2) is 93.8 Å². The van der Waals surface area contributed by atoms with Crippen LogP contribution in [0.3, 0.4) is 0 Å². The highest BCUT2D eigenvalue weighted by Crippen LogP contribution is 2.18. The van der Waals surface area contributed by atoms with Crippen molar-refractivity contribution in [3.05, 3.63) is 119 Å². The van der Waals surface area contributed by atoms with Crippen LogP contribution in [-0.2, 0) is 29.0 Å². The molecule has 0 saturated carbocycles. The molecule has 21 heteroatoms. The van der Waals surface area contributed by atoms with Gasteiger partial charge in [0.1, 0.15) is 11.2 Å². The predicted octanol–water partition coefficient (Wildman–Crippen LogP) is 7.76. The summed E-state index contributed by atoms with van der Waals surface area (Å²) < 4.78 is 46.1. The highest BCUT2D eigenvalue weighted by atomic mass is 79.9. The maximum atomic E-state index is 11.7. The van der Waals surface area contributed by atoms with Gasteiger partial charge in [-0.15, -0.1) is 20.4 Å². The van der Waals surface area contributed by atoms with Crippen LogP contribution in [0.5, 0.6) is 0 Å². The van der Waals surface area contributed by atoms with Crippen LogP contribution in [0.25, 0.3) is 22.8 Å². The molecule has 2 amide bonds. The number of rotatable bonds is 12. The van der Waals surface area contributed by atoms with Gasteiger partial charge in [0.05, 0.1) is 13.1 Å². The minimum atomic E-state index is -4.84. The fraction of sp³-hybridized carbons (Fsp3) is 0.350. The number of tetrazole rings is 2. The number of ether oxygens (including phenoxy) is 2. The van der Waals surface area contributed by atoms with E-state index in [0.29, 0.717) is 37.7 Å². The van der Waals surface area contributed by atoms with E-state index in [9.17, 15) is 22.5 Å². The van der Waals surface area contributed by atoms with Crippen molar-refractivity contribution in [2.75, 3.05) is 13.1 Å². The van der Waals surface area contributed by atoms with Crippen LogP contribution in [0.2, 0.25) is 6.32 Å². The minimum absolute atomic E-state index is 0.404. The van der Waals surface area contributed by atoms with Crippen molar-refractivity contribution >= 4 is 35.1 Å². The van der Waals surface area contributed by atoms with Gasteiger partial charge in [-0.05, 0) is 130 Å². The van der Waals surface area contributed by atoms with Gasteiger partial charge in [-0.1, -0.05) is 46.5 Å². The van der Waals surface area contributed by atoms with Gasteiger partial charge in [0, 0.05) is 46.9 Å². The van der Waals surface area contributed by atoms with E-state index in [4.69, 9.17) is 9.47 Å². The highest BCUT2D eigenvalue weighted by molar-refractivity contribution is 9.10. The van der Waals surface area contributed by atoms with E-state index < -0.39 is 43.2 Å². The molecule has 0 aliphatic carbocycles. The van der Waals surface area contributed by atoms with E-state index in [1.165, 1.54) is 0 Å². The zero-order chi connectivity index (χ0) is 44.5. The molecule has 324 valence electrons. The Morgan fingerprint density at radius 1 is 0.623 bits per heavy atom. The van der Waals surface area contributed by atoms with Crippen LogP contribution < -0.4 is 10.6 Å². The lowest BCUT2D eigenvalue weighted by Crippen LogP contribution is -2.34. The average Bonchev–Trinajstić information content (AvgIpc) is 3.85. The molecule has 16 nitrogen and oxygen atoms in total. The molecular formula is C40H48BBrF3N12O4-. The van der Waals surface area contributed by atoms with Gasteiger partial charge in [0.2, 0.25) is 11.6 Å². The van der Waals surface area contributed by atoms with E-state index in [1.807, 2.05) is 98.9 Å². The summed E-state index contributed by atoms with van der Waals surface area (Å²) in [5.41, 5.74) is 3.92. The molecule has 0 bridgehead atoms. The summed E-state index contributed by atoms with van der Waals surface area (Å²) in [6, 6.07) is 23.4. The lowest BCUT2D eigenvalue weighted by molar-refractivity contribution is 0.0517. The molecule has 0 unspecified atom stereocenters. The van der Waals surface area contributed by atoms with E-state index in [2.05, 4.69) is 62.0 Å². The van der Waals surface area contributed by atoms with Crippen molar-refractivity contribution in [3.63, 3.8) is 0 Å². The number of halogens is 4. The summed E-state index contributed by atoms with van der Waals surface area (Å²) in [5, 5.41) is 29.9. The zero-order valence-electron chi connectivity index (χ0n) is 34.7. The Bertz CT molecular complexity index is 2230. The second-order valence-electron chi connectivity index (χ2n) is 15.3. The summed E-state index contributed by atoms with van der Waals surface area (Å²) in [6.07, 6.45) is 5.48. The minimum Gasteiger partial charge on any atom is -0.449 e. The molecule has 4 aromatic heterocycles. The van der Waals surface area contributed by atoms with Gasteiger partial charge in [-0.3, -0.25) is 9.97 Å². The van der Waals surface area contributed by atoms with Crippen LogP contribution in [0.15, 0.2) is 102 Å². The van der Waals surface area contributed by atoms with Gasteiger partial charge < -0.3 is 33.1 Å². The molecule has 4 heterocycles. The lowest BCUT2D eigenvalue weighted by Gasteiger charge is -2.20. The predicted molar refractivity (Wildman–Crippen MR) is 227 cm³/mol. The van der Waals surface area contributed by atoms with Crippen molar-refractivity contribution in [3.8, 4) is 22.8 Å². The molecular weight excluding hydrogens is 860 g/mol. The average molecular weight is 909 g/mol. The first-order valence-electron chi connectivity index (χ1n) is 19.1. The Balaban J connectivity index is 0.000000216. The number of hydrogen-bond donors (Lipinski definition) is 2. The number of benzene rings is 2. The molecule has 2 aromatic carbocycles. The molecule has 6 rings (SSSR count). The van der Waals surface area contributed by atoms with Crippen LogP contribution >= 0.6 is 15.9 Å². The standard InChI is InChI=1S/C20H24N6O2.C13H10BrN5.C7H14BF3NO2/c1-20(2,3)28-19(27)22-13-10-15-4-6-17(7-5-15)18-23-25-26(24-18)14-16-8-11-21-12-9-16;14-12-3-1-11(2-4-12)13-16-18-19(17-13)9-10-5-7-15-8-6-10;1-7(2,3)14-6(13)12-5-4-8(9,10)11/h4-9,11-12H,10,13-14H2,1-3H3,(H,22,27);1-8H,9H2;4-5H2,1-3H3,(H,12,13)/q;;-1. The Morgan fingerprint density at radius 3 is 1.44 bits per heavy atom. The number of alkyl carbamates (subject to hydrolysis) is 2. The van der Waals surface area contributed by atoms with Crippen molar-refractivity contribution in [1.82, 2.24) is 61.0 Å². The number of carbonyl (C=O) groups is 2.